The van der Waals surface area contributed by atoms with Crippen LogP contribution in [-0.2, 0) is 13.2 Å². The van der Waals surface area contributed by atoms with Crippen LogP contribution < -0.4 is 10.1 Å². The topological polar surface area (TPSA) is 58.6 Å². The van der Waals surface area contributed by atoms with Crippen molar-refractivity contribution >= 4 is 21.8 Å². The molecular formula is C16H16BrNO3. The van der Waals surface area contributed by atoms with Crippen LogP contribution >= 0.6 is 15.9 Å². The van der Waals surface area contributed by atoms with E-state index in [-0.39, 0.29) is 12.5 Å². The van der Waals surface area contributed by atoms with Crippen molar-refractivity contribution in [1.82, 2.24) is 5.32 Å². The Morgan fingerprint density at radius 2 is 2.00 bits per heavy atom. The third-order valence-corrected chi connectivity index (χ3v) is 3.53. The lowest BCUT2D eigenvalue weighted by molar-refractivity contribution is 0.0948. The van der Waals surface area contributed by atoms with Crippen LogP contribution in [0.1, 0.15) is 21.5 Å². The summed E-state index contributed by atoms with van der Waals surface area (Å²) in [4.78, 5) is 12.2. The lowest BCUT2D eigenvalue weighted by Gasteiger charge is -2.10. The molecule has 0 aliphatic rings. The van der Waals surface area contributed by atoms with Crippen molar-refractivity contribution in [2.45, 2.75) is 13.2 Å². The highest BCUT2D eigenvalue weighted by Gasteiger charge is 2.12. The van der Waals surface area contributed by atoms with Crippen molar-refractivity contribution in [2.75, 3.05) is 7.11 Å². The second kappa shape index (κ2) is 7.24. The van der Waals surface area contributed by atoms with Gasteiger partial charge in [-0.1, -0.05) is 40.2 Å². The van der Waals surface area contributed by atoms with Crippen LogP contribution in [-0.4, -0.2) is 18.1 Å². The van der Waals surface area contributed by atoms with Crippen LogP contribution in [0.2, 0.25) is 0 Å². The van der Waals surface area contributed by atoms with Gasteiger partial charge >= 0.3 is 0 Å². The first-order valence-corrected chi connectivity index (χ1v) is 7.23. The fourth-order valence-electron chi connectivity index (χ4n) is 1.97. The number of ether oxygens (including phenoxy) is 1. The van der Waals surface area contributed by atoms with E-state index in [0.717, 1.165) is 15.6 Å². The predicted octanol–water partition coefficient (Wildman–Crippen LogP) is 2.88. The molecule has 110 valence electrons. The van der Waals surface area contributed by atoms with Gasteiger partial charge in [0, 0.05) is 11.0 Å². The van der Waals surface area contributed by atoms with E-state index in [1.165, 1.54) is 7.11 Å². The first kappa shape index (κ1) is 15.5. The molecule has 0 saturated heterocycles. The van der Waals surface area contributed by atoms with Gasteiger partial charge in [0.25, 0.3) is 5.91 Å². The van der Waals surface area contributed by atoms with Gasteiger partial charge in [0.2, 0.25) is 0 Å². The van der Waals surface area contributed by atoms with E-state index in [9.17, 15) is 4.79 Å². The molecule has 2 rings (SSSR count). The monoisotopic (exact) mass is 349 g/mol. The van der Waals surface area contributed by atoms with Crippen molar-refractivity contribution in [1.29, 1.82) is 0 Å². The lowest BCUT2D eigenvalue weighted by Crippen LogP contribution is -2.23. The molecule has 0 aliphatic heterocycles. The molecule has 0 aliphatic carbocycles. The number of hydrogen-bond acceptors (Lipinski definition) is 3. The Morgan fingerprint density at radius 3 is 2.71 bits per heavy atom. The molecular weight excluding hydrogens is 334 g/mol. The maximum atomic E-state index is 12.2. The maximum absolute atomic E-state index is 12.2. The zero-order chi connectivity index (χ0) is 15.2. The summed E-state index contributed by atoms with van der Waals surface area (Å²) < 4.78 is 6.07. The Morgan fingerprint density at radius 1 is 1.24 bits per heavy atom. The van der Waals surface area contributed by atoms with Crippen molar-refractivity contribution in [3.63, 3.8) is 0 Å². The summed E-state index contributed by atoms with van der Waals surface area (Å²) in [6, 6.07) is 12.7. The number of amides is 1. The second-order valence-electron chi connectivity index (χ2n) is 4.51. The Bertz CT molecular complexity index is 643. The van der Waals surface area contributed by atoms with Crippen LogP contribution in [0.3, 0.4) is 0 Å². The third kappa shape index (κ3) is 4.06. The van der Waals surface area contributed by atoms with Gasteiger partial charge in [0.1, 0.15) is 5.75 Å². The number of benzene rings is 2. The predicted molar refractivity (Wildman–Crippen MR) is 84.2 cm³/mol. The number of aliphatic hydroxyl groups is 1. The number of aliphatic hydroxyl groups excluding tert-OH is 1. The van der Waals surface area contributed by atoms with Crippen molar-refractivity contribution in [3.05, 3.63) is 63.6 Å². The van der Waals surface area contributed by atoms with E-state index in [2.05, 4.69) is 21.2 Å². The normalized spacial score (nSPS) is 10.2. The van der Waals surface area contributed by atoms with Crippen LogP contribution in [0.4, 0.5) is 0 Å². The van der Waals surface area contributed by atoms with Crippen molar-refractivity contribution in [3.8, 4) is 5.75 Å². The number of methoxy groups -OCH3 is 1. The van der Waals surface area contributed by atoms with Gasteiger partial charge in [-0.2, -0.15) is 0 Å². The number of carbonyl (C=O) groups excluding carboxylic acids is 1. The average Bonchev–Trinajstić information content (AvgIpc) is 2.52. The van der Waals surface area contributed by atoms with E-state index < -0.39 is 0 Å². The quantitative estimate of drug-likeness (QED) is 0.872. The largest absolute Gasteiger partial charge is 0.496 e. The highest BCUT2D eigenvalue weighted by Crippen LogP contribution is 2.23. The molecule has 21 heavy (non-hydrogen) atoms. The fourth-order valence-corrected chi connectivity index (χ4v) is 2.31. The summed E-state index contributed by atoms with van der Waals surface area (Å²) in [6.45, 7) is 0.383. The number of halogens is 1. The molecule has 0 bridgehead atoms. The Balaban J connectivity index is 2.08. The number of rotatable bonds is 5. The zero-order valence-corrected chi connectivity index (χ0v) is 13.2. The first-order valence-electron chi connectivity index (χ1n) is 6.44. The van der Waals surface area contributed by atoms with Gasteiger partial charge in [-0.25, -0.2) is 0 Å². The summed E-state index contributed by atoms with van der Waals surface area (Å²) in [7, 11) is 1.53. The molecule has 1 amide bonds. The summed E-state index contributed by atoms with van der Waals surface area (Å²) in [5, 5.41) is 11.9. The number of hydrogen-bond donors (Lipinski definition) is 2. The maximum Gasteiger partial charge on any atom is 0.255 e. The molecule has 0 spiro atoms. The standard InChI is InChI=1S/C16H16BrNO3/c1-21-15-8-13(17)5-6-14(15)16(20)18-9-11-3-2-4-12(7-11)10-19/h2-8,19H,9-10H2,1H3,(H,18,20). The average molecular weight is 350 g/mol. The van der Waals surface area contributed by atoms with Crippen molar-refractivity contribution < 1.29 is 14.6 Å². The number of nitrogens with one attached hydrogen (secondary N) is 1. The summed E-state index contributed by atoms with van der Waals surface area (Å²) in [6.07, 6.45) is 0. The molecule has 0 saturated carbocycles. The van der Waals surface area contributed by atoms with Crippen LogP contribution in [0.25, 0.3) is 0 Å². The van der Waals surface area contributed by atoms with E-state index in [4.69, 9.17) is 9.84 Å². The zero-order valence-electron chi connectivity index (χ0n) is 11.6. The fraction of sp³-hybridized carbons (Fsp3) is 0.188. The SMILES string of the molecule is COc1cc(Br)ccc1C(=O)NCc1cccc(CO)c1. The molecule has 2 aromatic rings. The van der Waals surface area contributed by atoms with Gasteiger partial charge in [-0.15, -0.1) is 0 Å². The minimum absolute atomic E-state index is 0.0116. The first-order chi connectivity index (χ1) is 10.1. The molecule has 2 aromatic carbocycles. The van der Waals surface area contributed by atoms with E-state index in [1.54, 1.807) is 18.2 Å². The highest BCUT2D eigenvalue weighted by atomic mass is 79.9. The van der Waals surface area contributed by atoms with Gasteiger partial charge < -0.3 is 15.2 Å². The second-order valence-corrected chi connectivity index (χ2v) is 5.42. The minimum atomic E-state index is -0.200. The van der Waals surface area contributed by atoms with Crippen LogP contribution in [0, 0.1) is 0 Å². The van der Waals surface area contributed by atoms with Crippen LogP contribution in [0.15, 0.2) is 46.9 Å². The molecule has 0 atom stereocenters. The van der Waals surface area contributed by atoms with Gasteiger partial charge in [0.05, 0.1) is 19.3 Å². The number of carbonyl (C=O) groups is 1. The molecule has 0 aromatic heterocycles. The van der Waals surface area contributed by atoms with Gasteiger partial charge in [-0.3, -0.25) is 4.79 Å². The Kier molecular flexibility index (Phi) is 5.36. The Hall–Kier alpha value is -1.85. The highest BCUT2D eigenvalue weighted by molar-refractivity contribution is 9.10. The Labute approximate surface area is 131 Å². The molecule has 0 fully saturated rings. The third-order valence-electron chi connectivity index (χ3n) is 3.04. The van der Waals surface area contributed by atoms with Crippen molar-refractivity contribution in [2.24, 2.45) is 0 Å². The smallest absolute Gasteiger partial charge is 0.255 e. The van der Waals surface area contributed by atoms with Gasteiger partial charge in [-0.05, 0) is 29.3 Å². The molecule has 5 heteroatoms. The van der Waals surface area contributed by atoms with E-state index in [1.807, 2.05) is 24.3 Å². The molecule has 0 unspecified atom stereocenters. The lowest BCUT2D eigenvalue weighted by atomic mass is 10.1. The molecule has 2 N–H and O–H groups in total. The van der Waals surface area contributed by atoms with Crippen LogP contribution in [0.5, 0.6) is 5.75 Å². The summed E-state index contributed by atoms with van der Waals surface area (Å²) >= 11 is 3.34. The van der Waals surface area contributed by atoms with E-state index >= 15 is 0 Å². The summed E-state index contributed by atoms with van der Waals surface area (Å²) in [5.74, 6) is 0.319. The van der Waals surface area contributed by atoms with Gasteiger partial charge in [0.15, 0.2) is 0 Å². The molecule has 0 heterocycles. The van der Waals surface area contributed by atoms with E-state index in [0.29, 0.717) is 17.9 Å². The molecule has 0 radical (unpaired) electrons. The summed E-state index contributed by atoms with van der Waals surface area (Å²) in [5.41, 5.74) is 2.24. The minimum Gasteiger partial charge on any atom is -0.496 e. The molecule has 4 nitrogen and oxygen atoms in total.